The summed E-state index contributed by atoms with van der Waals surface area (Å²) in [6.07, 6.45) is 2.71. The highest BCUT2D eigenvalue weighted by Gasteiger charge is 2.04. The molecule has 0 radical (unpaired) electrons. The molecule has 0 heterocycles. The number of rotatable bonds is 3. The SMILES string of the molecule is CC(C)=CCC(=C(C)C)C(C)O. The van der Waals surface area contributed by atoms with Crippen molar-refractivity contribution < 1.29 is 5.11 Å². The van der Waals surface area contributed by atoms with Crippen molar-refractivity contribution in [3.8, 4) is 0 Å². The van der Waals surface area contributed by atoms with E-state index >= 15 is 0 Å². The molecular formula is C11H20O. The van der Waals surface area contributed by atoms with E-state index in [2.05, 4.69) is 19.9 Å². The fourth-order valence-electron chi connectivity index (χ4n) is 1.11. The van der Waals surface area contributed by atoms with Gasteiger partial charge in [-0.15, -0.1) is 0 Å². The van der Waals surface area contributed by atoms with Crippen LogP contribution >= 0.6 is 0 Å². The molecular weight excluding hydrogens is 148 g/mol. The summed E-state index contributed by atoms with van der Waals surface area (Å²) >= 11 is 0. The van der Waals surface area contributed by atoms with Crippen molar-refractivity contribution in [3.05, 3.63) is 22.8 Å². The van der Waals surface area contributed by atoms with Gasteiger partial charge < -0.3 is 5.11 Å². The van der Waals surface area contributed by atoms with Crippen LogP contribution in [0.5, 0.6) is 0 Å². The summed E-state index contributed by atoms with van der Waals surface area (Å²) < 4.78 is 0. The van der Waals surface area contributed by atoms with E-state index in [9.17, 15) is 5.11 Å². The minimum absolute atomic E-state index is 0.314. The lowest BCUT2D eigenvalue weighted by atomic mass is 10.0. The van der Waals surface area contributed by atoms with Gasteiger partial charge in [0.05, 0.1) is 6.10 Å². The second kappa shape index (κ2) is 5.15. The van der Waals surface area contributed by atoms with Crippen molar-refractivity contribution >= 4 is 0 Å². The van der Waals surface area contributed by atoms with Gasteiger partial charge >= 0.3 is 0 Å². The van der Waals surface area contributed by atoms with Gasteiger partial charge in [0.25, 0.3) is 0 Å². The summed E-state index contributed by atoms with van der Waals surface area (Å²) in [5, 5.41) is 9.41. The minimum atomic E-state index is -0.314. The quantitative estimate of drug-likeness (QED) is 0.642. The van der Waals surface area contributed by atoms with Crippen LogP contribution in [0.3, 0.4) is 0 Å². The highest BCUT2D eigenvalue weighted by atomic mass is 16.3. The molecule has 0 aromatic carbocycles. The second-order valence-corrected chi connectivity index (χ2v) is 3.69. The molecule has 0 fully saturated rings. The third-order valence-electron chi connectivity index (χ3n) is 1.88. The molecule has 1 N–H and O–H groups in total. The monoisotopic (exact) mass is 168 g/mol. The molecule has 0 saturated heterocycles. The first kappa shape index (κ1) is 11.4. The van der Waals surface area contributed by atoms with Gasteiger partial charge in [-0.25, -0.2) is 0 Å². The number of aliphatic hydroxyl groups excluding tert-OH is 1. The molecule has 0 saturated carbocycles. The lowest BCUT2D eigenvalue weighted by Gasteiger charge is -2.10. The molecule has 1 atom stereocenters. The molecule has 0 rings (SSSR count). The van der Waals surface area contributed by atoms with Crippen LogP contribution in [0, 0.1) is 0 Å². The Balaban J connectivity index is 4.38. The molecule has 0 aliphatic heterocycles. The fraction of sp³-hybridized carbons (Fsp3) is 0.636. The van der Waals surface area contributed by atoms with Crippen LogP contribution in [-0.4, -0.2) is 11.2 Å². The predicted octanol–water partition coefficient (Wildman–Crippen LogP) is 3.06. The average Bonchev–Trinajstić information content (AvgIpc) is 1.84. The zero-order valence-electron chi connectivity index (χ0n) is 8.81. The average molecular weight is 168 g/mol. The highest BCUT2D eigenvalue weighted by molar-refractivity contribution is 5.18. The summed E-state index contributed by atoms with van der Waals surface area (Å²) in [5.41, 5.74) is 3.66. The number of hydrogen-bond acceptors (Lipinski definition) is 1. The van der Waals surface area contributed by atoms with Crippen molar-refractivity contribution in [1.82, 2.24) is 0 Å². The zero-order chi connectivity index (χ0) is 9.72. The van der Waals surface area contributed by atoms with Crippen LogP contribution in [0.1, 0.15) is 41.0 Å². The fourth-order valence-corrected chi connectivity index (χ4v) is 1.11. The van der Waals surface area contributed by atoms with Crippen LogP contribution in [0.25, 0.3) is 0 Å². The first-order chi connectivity index (χ1) is 5.45. The number of hydrogen-bond donors (Lipinski definition) is 1. The molecule has 12 heavy (non-hydrogen) atoms. The third kappa shape index (κ3) is 4.35. The summed E-state index contributed by atoms with van der Waals surface area (Å²) in [7, 11) is 0. The van der Waals surface area contributed by atoms with E-state index in [0.717, 1.165) is 12.0 Å². The Morgan fingerprint density at radius 2 is 1.75 bits per heavy atom. The molecule has 1 nitrogen and oxygen atoms in total. The first-order valence-corrected chi connectivity index (χ1v) is 4.42. The minimum Gasteiger partial charge on any atom is -0.389 e. The molecule has 0 bridgehead atoms. The zero-order valence-corrected chi connectivity index (χ0v) is 8.81. The topological polar surface area (TPSA) is 20.2 Å². The van der Waals surface area contributed by atoms with Gasteiger partial charge in [-0.05, 0) is 46.6 Å². The summed E-state index contributed by atoms with van der Waals surface area (Å²) in [5.74, 6) is 0. The lowest BCUT2D eigenvalue weighted by molar-refractivity contribution is 0.228. The van der Waals surface area contributed by atoms with Gasteiger partial charge in [0.15, 0.2) is 0 Å². The molecule has 0 aromatic rings. The number of aliphatic hydroxyl groups is 1. The Morgan fingerprint density at radius 1 is 1.25 bits per heavy atom. The predicted molar refractivity (Wildman–Crippen MR) is 54.1 cm³/mol. The molecule has 0 amide bonds. The first-order valence-electron chi connectivity index (χ1n) is 4.42. The van der Waals surface area contributed by atoms with Crippen LogP contribution in [0.4, 0.5) is 0 Å². The van der Waals surface area contributed by atoms with Crippen molar-refractivity contribution in [1.29, 1.82) is 0 Å². The van der Waals surface area contributed by atoms with Gasteiger partial charge in [0.2, 0.25) is 0 Å². The Bertz CT molecular complexity index is 189. The Kier molecular flexibility index (Phi) is 4.91. The van der Waals surface area contributed by atoms with Gasteiger partial charge in [0, 0.05) is 0 Å². The number of allylic oxidation sites excluding steroid dienone is 3. The molecule has 0 spiro atoms. The van der Waals surface area contributed by atoms with Crippen LogP contribution < -0.4 is 0 Å². The van der Waals surface area contributed by atoms with Crippen molar-refractivity contribution in [2.75, 3.05) is 0 Å². The second-order valence-electron chi connectivity index (χ2n) is 3.69. The van der Waals surface area contributed by atoms with E-state index in [0.29, 0.717) is 0 Å². The normalized spacial score (nSPS) is 12.2. The van der Waals surface area contributed by atoms with Gasteiger partial charge in [0.1, 0.15) is 0 Å². The molecule has 70 valence electrons. The Morgan fingerprint density at radius 3 is 2.00 bits per heavy atom. The van der Waals surface area contributed by atoms with Crippen LogP contribution in [-0.2, 0) is 0 Å². The van der Waals surface area contributed by atoms with Crippen molar-refractivity contribution in [2.24, 2.45) is 0 Å². The van der Waals surface area contributed by atoms with Crippen molar-refractivity contribution in [3.63, 3.8) is 0 Å². The van der Waals surface area contributed by atoms with Gasteiger partial charge in [-0.2, -0.15) is 0 Å². The maximum atomic E-state index is 9.41. The smallest absolute Gasteiger partial charge is 0.0727 e. The van der Waals surface area contributed by atoms with Gasteiger partial charge in [-0.3, -0.25) is 0 Å². The summed E-state index contributed by atoms with van der Waals surface area (Å²) in [6, 6.07) is 0. The molecule has 0 aromatic heterocycles. The molecule has 1 heteroatoms. The van der Waals surface area contributed by atoms with E-state index in [4.69, 9.17) is 0 Å². The molecule has 0 aliphatic rings. The van der Waals surface area contributed by atoms with Crippen LogP contribution in [0.15, 0.2) is 22.8 Å². The Labute approximate surface area is 75.8 Å². The van der Waals surface area contributed by atoms with Crippen LogP contribution in [0.2, 0.25) is 0 Å². The molecule has 1 unspecified atom stereocenters. The standard InChI is InChI=1S/C11H20O/c1-8(2)6-7-11(9(3)4)10(5)12/h6,10,12H,7H2,1-5H3. The van der Waals surface area contributed by atoms with E-state index in [-0.39, 0.29) is 6.10 Å². The van der Waals surface area contributed by atoms with E-state index < -0.39 is 0 Å². The van der Waals surface area contributed by atoms with Crippen molar-refractivity contribution in [2.45, 2.75) is 47.1 Å². The highest BCUT2D eigenvalue weighted by Crippen LogP contribution is 2.14. The third-order valence-corrected chi connectivity index (χ3v) is 1.88. The maximum Gasteiger partial charge on any atom is 0.0727 e. The largest absolute Gasteiger partial charge is 0.389 e. The van der Waals surface area contributed by atoms with E-state index in [1.165, 1.54) is 11.1 Å². The van der Waals surface area contributed by atoms with E-state index in [1.807, 2.05) is 20.8 Å². The summed E-state index contributed by atoms with van der Waals surface area (Å²) in [4.78, 5) is 0. The lowest BCUT2D eigenvalue weighted by Crippen LogP contribution is -2.05. The van der Waals surface area contributed by atoms with E-state index in [1.54, 1.807) is 0 Å². The molecule has 0 aliphatic carbocycles. The maximum absolute atomic E-state index is 9.41. The summed E-state index contributed by atoms with van der Waals surface area (Å²) in [6.45, 7) is 10.1. The van der Waals surface area contributed by atoms with Gasteiger partial charge in [-0.1, -0.05) is 17.2 Å². The Hall–Kier alpha value is -0.560.